The highest BCUT2D eigenvalue weighted by Crippen LogP contribution is 2.22. The van der Waals surface area contributed by atoms with Gasteiger partial charge in [0.1, 0.15) is 0 Å². The van der Waals surface area contributed by atoms with Crippen molar-refractivity contribution in [1.29, 1.82) is 0 Å². The number of hydrogen-bond donors (Lipinski definition) is 0. The van der Waals surface area contributed by atoms with Gasteiger partial charge in [0.05, 0.1) is 0 Å². The minimum absolute atomic E-state index is 0.143. The number of amides is 1. The Hall–Kier alpha value is -2.16. The van der Waals surface area contributed by atoms with Gasteiger partial charge in [-0.2, -0.15) is 0 Å². The van der Waals surface area contributed by atoms with Crippen molar-refractivity contribution in [3.05, 3.63) is 53.9 Å². The molecular weight excluding hydrogens is 248 g/mol. The molecule has 0 unspecified atom stereocenters. The zero-order valence-electron chi connectivity index (χ0n) is 11.7. The van der Waals surface area contributed by atoms with Crippen LogP contribution in [0.3, 0.4) is 0 Å². The van der Waals surface area contributed by atoms with Crippen molar-refractivity contribution < 1.29 is 4.79 Å². The van der Waals surface area contributed by atoms with Crippen molar-refractivity contribution in [1.82, 2.24) is 9.88 Å². The van der Waals surface area contributed by atoms with E-state index in [1.54, 1.807) is 0 Å². The van der Waals surface area contributed by atoms with E-state index in [2.05, 4.69) is 11.1 Å². The molecule has 1 aromatic carbocycles. The number of rotatable bonds is 2. The molecule has 0 atom stereocenters. The van der Waals surface area contributed by atoms with Gasteiger partial charge < -0.3 is 4.90 Å². The molecule has 0 aliphatic carbocycles. The second kappa shape index (κ2) is 5.45. The van der Waals surface area contributed by atoms with E-state index in [1.807, 2.05) is 48.5 Å². The van der Waals surface area contributed by atoms with Gasteiger partial charge in [0, 0.05) is 36.6 Å². The van der Waals surface area contributed by atoms with Crippen LogP contribution in [0.15, 0.2) is 42.7 Å². The second-order valence-electron chi connectivity index (χ2n) is 5.33. The Balaban J connectivity index is 1.91. The summed E-state index contributed by atoms with van der Waals surface area (Å²) < 4.78 is 0. The molecule has 1 aliphatic heterocycles. The van der Waals surface area contributed by atoms with Crippen LogP contribution in [-0.2, 0) is 0 Å². The van der Waals surface area contributed by atoms with Crippen LogP contribution in [0.5, 0.6) is 0 Å². The van der Waals surface area contributed by atoms with Gasteiger partial charge in [-0.1, -0.05) is 12.1 Å². The Morgan fingerprint density at radius 1 is 1.10 bits per heavy atom. The van der Waals surface area contributed by atoms with E-state index in [4.69, 9.17) is 0 Å². The van der Waals surface area contributed by atoms with E-state index < -0.39 is 0 Å². The summed E-state index contributed by atoms with van der Waals surface area (Å²) in [4.78, 5) is 18.6. The van der Waals surface area contributed by atoms with Gasteiger partial charge in [-0.05, 0) is 49.1 Å². The number of pyridine rings is 1. The van der Waals surface area contributed by atoms with Crippen LogP contribution in [-0.4, -0.2) is 28.9 Å². The van der Waals surface area contributed by atoms with Crippen LogP contribution >= 0.6 is 0 Å². The first-order chi connectivity index (χ1) is 9.74. The summed E-state index contributed by atoms with van der Waals surface area (Å²) in [6, 6.07) is 9.93. The van der Waals surface area contributed by atoms with Crippen molar-refractivity contribution in [2.24, 2.45) is 0 Å². The van der Waals surface area contributed by atoms with Crippen molar-refractivity contribution in [2.75, 3.05) is 13.1 Å². The zero-order valence-corrected chi connectivity index (χ0v) is 11.7. The molecule has 20 heavy (non-hydrogen) atoms. The number of aryl methyl sites for hydroxylation is 1. The molecule has 3 heteroatoms. The van der Waals surface area contributed by atoms with Gasteiger partial charge in [-0.3, -0.25) is 9.78 Å². The number of carbonyl (C=O) groups excluding carboxylic acids is 1. The maximum atomic E-state index is 12.4. The molecule has 0 N–H and O–H groups in total. The summed E-state index contributed by atoms with van der Waals surface area (Å²) in [5, 5.41) is 0. The number of hydrogen-bond acceptors (Lipinski definition) is 2. The molecule has 1 amide bonds. The fourth-order valence-corrected chi connectivity index (χ4v) is 2.65. The van der Waals surface area contributed by atoms with Crippen molar-refractivity contribution in [3.63, 3.8) is 0 Å². The second-order valence-corrected chi connectivity index (χ2v) is 5.33. The van der Waals surface area contributed by atoms with E-state index in [1.165, 1.54) is 0 Å². The summed E-state index contributed by atoms with van der Waals surface area (Å²) >= 11 is 0. The lowest BCUT2D eigenvalue weighted by atomic mass is 10.0. The van der Waals surface area contributed by atoms with Gasteiger partial charge >= 0.3 is 0 Å². The van der Waals surface area contributed by atoms with Crippen LogP contribution in [0.4, 0.5) is 0 Å². The third-order valence-electron chi connectivity index (χ3n) is 3.71. The Kier molecular flexibility index (Phi) is 3.50. The molecule has 3 nitrogen and oxygen atoms in total. The maximum absolute atomic E-state index is 12.4. The summed E-state index contributed by atoms with van der Waals surface area (Å²) in [6.07, 6.45) is 5.91. The van der Waals surface area contributed by atoms with E-state index in [0.717, 1.165) is 48.2 Å². The first kappa shape index (κ1) is 12.9. The lowest BCUT2D eigenvalue weighted by molar-refractivity contribution is 0.0793. The Labute approximate surface area is 119 Å². The van der Waals surface area contributed by atoms with E-state index >= 15 is 0 Å². The fourth-order valence-electron chi connectivity index (χ4n) is 2.65. The lowest BCUT2D eigenvalue weighted by Crippen LogP contribution is -2.27. The quantitative estimate of drug-likeness (QED) is 0.835. The highest BCUT2D eigenvalue weighted by Gasteiger charge is 2.19. The Bertz CT molecular complexity index is 630. The number of carbonyl (C=O) groups is 1. The highest BCUT2D eigenvalue weighted by atomic mass is 16.2. The van der Waals surface area contributed by atoms with Crippen LogP contribution in [0.1, 0.15) is 28.8 Å². The van der Waals surface area contributed by atoms with Crippen molar-refractivity contribution >= 4 is 5.91 Å². The third-order valence-corrected chi connectivity index (χ3v) is 3.71. The number of aromatic nitrogens is 1. The predicted octanol–water partition coefficient (Wildman–Crippen LogP) is 3.29. The molecule has 0 spiro atoms. The summed E-state index contributed by atoms with van der Waals surface area (Å²) in [7, 11) is 0. The van der Waals surface area contributed by atoms with Gasteiger partial charge in [-0.25, -0.2) is 0 Å². The molecular formula is C17H18N2O. The molecule has 102 valence electrons. The average molecular weight is 266 g/mol. The first-order valence-corrected chi connectivity index (χ1v) is 7.05. The van der Waals surface area contributed by atoms with Gasteiger partial charge in [-0.15, -0.1) is 0 Å². The Morgan fingerprint density at radius 2 is 1.90 bits per heavy atom. The molecule has 0 radical (unpaired) electrons. The van der Waals surface area contributed by atoms with E-state index in [0.29, 0.717) is 0 Å². The minimum atomic E-state index is 0.143. The molecule has 0 bridgehead atoms. The largest absolute Gasteiger partial charge is 0.339 e. The maximum Gasteiger partial charge on any atom is 0.253 e. The molecule has 2 heterocycles. The predicted molar refractivity (Wildman–Crippen MR) is 79.5 cm³/mol. The molecule has 1 fully saturated rings. The molecule has 3 rings (SSSR count). The molecule has 2 aromatic rings. The number of benzene rings is 1. The highest BCUT2D eigenvalue weighted by molar-refractivity contribution is 5.95. The van der Waals surface area contributed by atoms with Crippen molar-refractivity contribution in [2.45, 2.75) is 19.8 Å². The molecule has 1 saturated heterocycles. The summed E-state index contributed by atoms with van der Waals surface area (Å²) in [5.74, 6) is 0.143. The molecule has 0 saturated carbocycles. The first-order valence-electron chi connectivity index (χ1n) is 7.05. The SMILES string of the molecule is Cc1cncc(-c2cccc(C(=O)N3CCCC3)c2)c1. The van der Waals surface area contributed by atoms with Crippen LogP contribution in [0.25, 0.3) is 11.1 Å². The topological polar surface area (TPSA) is 33.2 Å². The van der Waals surface area contributed by atoms with Gasteiger partial charge in [0.25, 0.3) is 5.91 Å². The lowest BCUT2D eigenvalue weighted by Gasteiger charge is -2.15. The third kappa shape index (κ3) is 2.57. The van der Waals surface area contributed by atoms with Crippen LogP contribution in [0.2, 0.25) is 0 Å². The standard InChI is InChI=1S/C17H18N2O/c1-13-9-16(12-18-11-13)14-5-4-6-15(10-14)17(20)19-7-2-3-8-19/h4-6,9-12H,2-3,7-8H2,1H3. The fraction of sp³-hybridized carbons (Fsp3) is 0.294. The van der Waals surface area contributed by atoms with Gasteiger partial charge in [0.2, 0.25) is 0 Å². The monoisotopic (exact) mass is 266 g/mol. The van der Waals surface area contributed by atoms with Gasteiger partial charge in [0.15, 0.2) is 0 Å². The normalized spacial score (nSPS) is 14.6. The van der Waals surface area contributed by atoms with Crippen LogP contribution < -0.4 is 0 Å². The molecule has 1 aromatic heterocycles. The minimum Gasteiger partial charge on any atom is -0.339 e. The molecule has 1 aliphatic rings. The summed E-state index contributed by atoms with van der Waals surface area (Å²) in [6.45, 7) is 3.79. The Morgan fingerprint density at radius 3 is 2.65 bits per heavy atom. The summed E-state index contributed by atoms with van der Waals surface area (Å²) in [5.41, 5.74) is 4.00. The number of nitrogens with zero attached hydrogens (tertiary/aromatic N) is 2. The van der Waals surface area contributed by atoms with E-state index in [9.17, 15) is 4.79 Å². The number of likely N-dealkylation sites (tertiary alicyclic amines) is 1. The van der Waals surface area contributed by atoms with Crippen LogP contribution in [0, 0.1) is 6.92 Å². The van der Waals surface area contributed by atoms with Crippen molar-refractivity contribution in [3.8, 4) is 11.1 Å². The van der Waals surface area contributed by atoms with E-state index in [-0.39, 0.29) is 5.91 Å². The zero-order chi connectivity index (χ0) is 13.9. The smallest absolute Gasteiger partial charge is 0.253 e. The average Bonchev–Trinajstić information content (AvgIpc) is 3.01.